The van der Waals surface area contributed by atoms with Gasteiger partial charge in [0.1, 0.15) is 5.76 Å². The molecule has 10 heteroatoms. The number of hydrogen-bond donors (Lipinski definition) is 2. The van der Waals surface area contributed by atoms with Crippen LogP contribution in [0.4, 0.5) is 0 Å². The fourth-order valence-corrected chi connectivity index (χ4v) is 9.03. The van der Waals surface area contributed by atoms with Crippen LogP contribution in [0.15, 0.2) is 138 Å². The van der Waals surface area contributed by atoms with Crippen LogP contribution in [0, 0.1) is 11.8 Å². The Morgan fingerprint density at radius 3 is 2.54 bits per heavy atom. The minimum Gasteiger partial charge on any atom is -0.511 e. The number of pyridine rings is 1. The summed E-state index contributed by atoms with van der Waals surface area (Å²) < 4.78 is 14.2. The Morgan fingerprint density at radius 2 is 1.80 bits per heavy atom. The number of ether oxygens (including phenoxy) is 2. The number of esters is 1. The SMILES string of the molecule is C=C(c1ccc[n+](COC(=O)CC[C@@H]2C3=C4CC(O)=C5C4=NC(=C5C)C=C4N=C(C=C5N=C(C=C(N3)C2C)C(C)=C5C(C)OCCCCCC)C(C)=C4CC)c1)N(C)C. The molecule has 1 saturated heterocycles. The van der Waals surface area contributed by atoms with Gasteiger partial charge in [-0.05, 0) is 93.5 Å². The Balaban J connectivity index is 1.25. The summed E-state index contributed by atoms with van der Waals surface area (Å²) in [6.45, 7) is 20.0. The number of nitrogens with one attached hydrogen (secondary N) is 1. The van der Waals surface area contributed by atoms with Crippen LogP contribution in [0.1, 0.15) is 105 Å². The zero-order valence-electron chi connectivity index (χ0n) is 36.5. The third-order valence-corrected chi connectivity index (χ3v) is 12.6. The van der Waals surface area contributed by atoms with E-state index in [0.717, 1.165) is 110 Å². The van der Waals surface area contributed by atoms with Gasteiger partial charge >= 0.3 is 5.97 Å². The van der Waals surface area contributed by atoms with Gasteiger partial charge in [-0.1, -0.05) is 46.6 Å². The first-order valence-corrected chi connectivity index (χ1v) is 21.4. The third-order valence-electron chi connectivity index (χ3n) is 12.6. The first kappa shape index (κ1) is 41.8. The number of aliphatic hydroxyl groups is 1. The summed E-state index contributed by atoms with van der Waals surface area (Å²) in [5, 5.41) is 15.3. The Labute approximate surface area is 350 Å². The smallest absolute Gasteiger partial charge is 0.310 e. The molecule has 0 amide bonds. The number of carbonyl (C=O) groups excluding carboxylic acids is 1. The number of aromatic nitrogens is 1. The molecule has 0 saturated carbocycles. The second-order valence-electron chi connectivity index (χ2n) is 16.7. The van der Waals surface area contributed by atoms with Crippen molar-refractivity contribution < 1.29 is 23.9 Å². The van der Waals surface area contributed by atoms with Crippen LogP contribution in [0.2, 0.25) is 0 Å². The Hall–Kier alpha value is -5.35. The lowest BCUT2D eigenvalue weighted by Crippen LogP contribution is -2.36. The Bertz CT molecular complexity index is 2320. The van der Waals surface area contributed by atoms with Crippen LogP contribution in [-0.4, -0.2) is 59.9 Å². The highest BCUT2D eigenvalue weighted by atomic mass is 16.5. The van der Waals surface area contributed by atoms with Gasteiger partial charge in [-0.3, -0.25) is 4.79 Å². The molecule has 1 fully saturated rings. The molecular weight excluding hydrogens is 737 g/mol. The fraction of sp³-hybridized carbons (Fsp3) is 0.449. The van der Waals surface area contributed by atoms with E-state index in [1.165, 1.54) is 18.4 Å². The van der Waals surface area contributed by atoms with Gasteiger partial charge in [0.05, 0.1) is 45.9 Å². The van der Waals surface area contributed by atoms with E-state index in [2.05, 4.69) is 71.7 Å². The van der Waals surface area contributed by atoms with Gasteiger partial charge in [0, 0.05) is 85.3 Å². The average molecular weight is 798 g/mol. The van der Waals surface area contributed by atoms with Crippen molar-refractivity contribution in [3.8, 4) is 0 Å². The molecule has 7 rings (SSSR count). The average Bonchev–Trinajstić information content (AvgIpc) is 3.97. The highest BCUT2D eigenvalue weighted by Crippen LogP contribution is 2.46. The predicted octanol–water partition coefficient (Wildman–Crippen LogP) is 9.44. The fourth-order valence-electron chi connectivity index (χ4n) is 9.03. The van der Waals surface area contributed by atoms with E-state index in [4.69, 9.17) is 24.5 Å². The lowest BCUT2D eigenvalue weighted by molar-refractivity contribution is -0.727. The van der Waals surface area contributed by atoms with Gasteiger partial charge in [0.2, 0.25) is 0 Å². The largest absolute Gasteiger partial charge is 0.511 e. The summed E-state index contributed by atoms with van der Waals surface area (Å²) in [6.07, 6.45) is 16.6. The molecule has 10 nitrogen and oxygen atoms in total. The number of unbranched alkanes of at least 4 members (excludes halogenated alkanes) is 3. The van der Waals surface area contributed by atoms with Crippen molar-refractivity contribution >= 4 is 28.8 Å². The van der Waals surface area contributed by atoms with E-state index in [1.54, 1.807) is 0 Å². The molecule has 3 atom stereocenters. The van der Waals surface area contributed by atoms with Crippen molar-refractivity contribution in [2.75, 3.05) is 20.7 Å². The maximum atomic E-state index is 13.4. The monoisotopic (exact) mass is 797 g/mol. The summed E-state index contributed by atoms with van der Waals surface area (Å²) in [7, 11) is 3.91. The molecule has 1 aromatic rings. The van der Waals surface area contributed by atoms with E-state index in [-0.39, 0.29) is 37.1 Å². The second kappa shape index (κ2) is 17.5. The molecule has 0 spiro atoms. The van der Waals surface area contributed by atoms with Crippen LogP contribution in [0.3, 0.4) is 0 Å². The summed E-state index contributed by atoms with van der Waals surface area (Å²) in [5.74, 6) is 0.0107. The molecule has 0 aromatic carbocycles. The number of hydrogen-bond acceptors (Lipinski definition) is 9. The minimum atomic E-state index is -0.271. The van der Waals surface area contributed by atoms with Gasteiger partial charge in [-0.2, -0.15) is 4.57 Å². The van der Waals surface area contributed by atoms with Crippen LogP contribution < -0.4 is 9.88 Å². The highest BCUT2D eigenvalue weighted by molar-refractivity contribution is 6.21. The van der Waals surface area contributed by atoms with Crippen LogP contribution in [-0.2, 0) is 21.0 Å². The summed E-state index contributed by atoms with van der Waals surface area (Å²) in [4.78, 5) is 31.1. The molecule has 2 unspecified atom stereocenters. The number of aliphatic hydroxyl groups excluding tert-OH is 1. The zero-order valence-corrected chi connectivity index (χ0v) is 36.5. The lowest BCUT2D eigenvalue weighted by Gasteiger charge is -2.17. The van der Waals surface area contributed by atoms with Crippen LogP contribution >= 0.6 is 0 Å². The number of carbonyl (C=O) groups is 1. The van der Waals surface area contributed by atoms with Crippen molar-refractivity contribution in [2.24, 2.45) is 26.8 Å². The predicted molar refractivity (Wildman–Crippen MR) is 236 cm³/mol. The van der Waals surface area contributed by atoms with Crippen molar-refractivity contribution in [1.29, 1.82) is 0 Å². The van der Waals surface area contributed by atoms with Gasteiger partial charge in [-0.25, -0.2) is 15.0 Å². The van der Waals surface area contributed by atoms with Gasteiger partial charge in [-0.15, -0.1) is 0 Å². The molecule has 1 aliphatic carbocycles. The van der Waals surface area contributed by atoms with Crippen molar-refractivity contribution in [2.45, 2.75) is 113 Å². The van der Waals surface area contributed by atoms with E-state index in [0.29, 0.717) is 25.2 Å². The van der Waals surface area contributed by atoms with Crippen molar-refractivity contribution in [1.82, 2.24) is 10.2 Å². The number of rotatable bonds is 15. The van der Waals surface area contributed by atoms with Crippen molar-refractivity contribution in [3.05, 3.63) is 128 Å². The molecule has 6 aliphatic rings. The molecule has 59 heavy (non-hydrogen) atoms. The van der Waals surface area contributed by atoms with E-state index in [1.807, 2.05) is 55.0 Å². The Morgan fingerprint density at radius 1 is 1.03 bits per heavy atom. The first-order chi connectivity index (χ1) is 28.3. The van der Waals surface area contributed by atoms with Gasteiger partial charge in [0.15, 0.2) is 12.4 Å². The minimum absolute atomic E-state index is 0.0184. The number of aliphatic imine (C=N–C) groups is 3. The van der Waals surface area contributed by atoms with Gasteiger partial charge < -0.3 is 24.8 Å². The molecule has 310 valence electrons. The number of nitrogens with zero attached hydrogens (tertiary/aromatic N) is 5. The third kappa shape index (κ3) is 8.29. The zero-order chi connectivity index (χ0) is 42.1. The molecule has 8 bridgehead atoms. The molecule has 5 aliphatic heterocycles. The lowest BCUT2D eigenvalue weighted by atomic mass is 9.86. The summed E-state index contributed by atoms with van der Waals surface area (Å²) in [6, 6.07) is 3.92. The van der Waals surface area contributed by atoms with E-state index >= 15 is 0 Å². The maximum absolute atomic E-state index is 13.4. The quantitative estimate of drug-likeness (QED) is 0.104. The number of allylic oxidation sites excluding steroid dienone is 11. The summed E-state index contributed by atoms with van der Waals surface area (Å²) >= 11 is 0. The summed E-state index contributed by atoms with van der Waals surface area (Å²) in [5.41, 5.74) is 16.1. The first-order valence-electron chi connectivity index (χ1n) is 21.4. The standard InChI is InChI=1S/C49H60N6O4/c1-11-13-14-15-21-58-33(8)46-30(5)40-23-39-29(4)36(18-19-45(57)59-27-55-20-16-17-34(26-55)32(7)54(9)10)48(52-39)37-22-44(56)47-31(6)41(53-49(37)47)24-42-35(12-2)28(3)38(50-42)25-43(46)51-40/h16-17,20,23-26,29,33,36H,7,11-15,18-19,21-22,27H2,1-6,8-10H3,(H-,50,51,52,53,56)/p+1/t29?,33?,36-/m0/s1. The molecule has 1 aromatic heterocycles. The maximum Gasteiger partial charge on any atom is 0.310 e. The second-order valence-corrected chi connectivity index (χ2v) is 16.7. The van der Waals surface area contributed by atoms with E-state index < -0.39 is 0 Å². The molecule has 0 radical (unpaired) electrons. The van der Waals surface area contributed by atoms with E-state index in [9.17, 15) is 9.90 Å². The normalized spacial score (nSPS) is 21.4. The number of fused-ring (bicyclic) bond motifs is 5. The topological polar surface area (TPSA) is 112 Å². The molecular formula is C49H61N6O4+. The molecule has 2 N–H and O–H groups in total. The highest BCUT2D eigenvalue weighted by Gasteiger charge is 2.41. The van der Waals surface area contributed by atoms with Gasteiger partial charge in [0.25, 0.3) is 6.73 Å². The van der Waals surface area contributed by atoms with Crippen molar-refractivity contribution in [3.63, 3.8) is 0 Å². The van der Waals surface area contributed by atoms with Crippen LogP contribution in [0.5, 0.6) is 0 Å². The molecule has 6 heterocycles. The van der Waals surface area contributed by atoms with Crippen LogP contribution in [0.25, 0.3) is 5.70 Å². The Kier molecular flexibility index (Phi) is 12.4.